The molecular weight excluding hydrogens is 416 g/mol. The van der Waals surface area contributed by atoms with Crippen molar-refractivity contribution in [2.24, 2.45) is 0 Å². The summed E-state index contributed by atoms with van der Waals surface area (Å²) in [6, 6.07) is 11.6. The number of esters is 1. The van der Waals surface area contributed by atoms with E-state index in [1.54, 1.807) is 42.5 Å². The monoisotopic (exact) mass is 432 g/mol. The fraction of sp³-hybridized carbons (Fsp3) is 0.200. The Morgan fingerprint density at radius 2 is 1.97 bits per heavy atom. The highest BCUT2D eigenvalue weighted by Gasteiger charge is 2.30. The number of halogens is 1. The van der Waals surface area contributed by atoms with Gasteiger partial charge in [0.25, 0.3) is 5.91 Å². The molecule has 9 heteroatoms. The molecule has 150 valence electrons. The number of hydrogen-bond acceptors (Lipinski definition) is 6. The smallest absolute Gasteiger partial charge is 0.307 e. The van der Waals surface area contributed by atoms with E-state index in [-0.39, 0.29) is 18.1 Å². The average molecular weight is 433 g/mol. The summed E-state index contributed by atoms with van der Waals surface area (Å²) in [4.78, 5) is 48.7. The molecule has 0 radical (unpaired) electrons. The van der Waals surface area contributed by atoms with Gasteiger partial charge < -0.3 is 15.4 Å². The maximum absolute atomic E-state index is 12.2. The first-order valence-corrected chi connectivity index (χ1v) is 9.92. The lowest BCUT2D eigenvalue weighted by Crippen LogP contribution is -2.32. The number of para-hydroxylation sites is 1. The number of carbonyl (C=O) groups is 4. The highest BCUT2D eigenvalue weighted by molar-refractivity contribution is 8.01. The molecule has 0 aliphatic carbocycles. The van der Waals surface area contributed by atoms with E-state index in [0.717, 1.165) is 4.90 Å². The number of amides is 2. The molecule has 1 aliphatic rings. The van der Waals surface area contributed by atoms with Crippen molar-refractivity contribution in [3.63, 3.8) is 0 Å². The third kappa shape index (κ3) is 5.36. The van der Waals surface area contributed by atoms with Crippen molar-refractivity contribution in [2.45, 2.75) is 23.5 Å². The molecule has 3 rings (SSSR count). The molecule has 2 N–H and O–H groups in total. The lowest BCUT2D eigenvalue weighted by Gasteiger charge is -2.23. The lowest BCUT2D eigenvalue weighted by molar-refractivity contribution is -0.147. The summed E-state index contributed by atoms with van der Waals surface area (Å²) in [6.07, 6.45) is -0.185. The summed E-state index contributed by atoms with van der Waals surface area (Å²) in [5.41, 5.74) is 1.31. The van der Waals surface area contributed by atoms with E-state index in [9.17, 15) is 19.2 Å². The van der Waals surface area contributed by atoms with Crippen molar-refractivity contribution in [3.05, 3.63) is 53.1 Å². The maximum atomic E-state index is 12.2. The van der Waals surface area contributed by atoms with Gasteiger partial charge in [-0.2, -0.15) is 0 Å². The number of ether oxygens (including phenoxy) is 1. The molecule has 1 atom stereocenters. The summed E-state index contributed by atoms with van der Waals surface area (Å²) >= 11 is 7.14. The van der Waals surface area contributed by atoms with E-state index in [1.807, 2.05) is 0 Å². The molecule has 29 heavy (non-hydrogen) atoms. The Bertz CT molecular complexity index is 995. The second-order valence-corrected chi connectivity index (χ2v) is 7.93. The predicted molar refractivity (Wildman–Crippen MR) is 110 cm³/mol. The molecule has 0 spiro atoms. The van der Waals surface area contributed by atoms with Gasteiger partial charge in [-0.1, -0.05) is 23.7 Å². The van der Waals surface area contributed by atoms with E-state index >= 15 is 0 Å². The van der Waals surface area contributed by atoms with Crippen LogP contribution in [0, 0.1) is 0 Å². The number of hydrogen-bond donors (Lipinski definition) is 2. The third-order valence-corrected chi connectivity index (χ3v) is 5.57. The molecule has 0 saturated heterocycles. The van der Waals surface area contributed by atoms with Crippen molar-refractivity contribution in [1.29, 1.82) is 0 Å². The molecule has 1 unspecified atom stereocenters. The van der Waals surface area contributed by atoms with E-state index in [0.29, 0.717) is 22.0 Å². The number of Topliss-reactive ketones (excluding diaryl/α,β-unsaturated/α-hetero) is 1. The second kappa shape index (κ2) is 9.11. The Morgan fingerprint density at radius 1 is 1.21 bits per heavy atom. The van der Waals surface area contributed by atoms with Crippen molar-refractivity contribution in [3.8, 4) is 0 Å². The molecular formula is C20H17ClN2O5S. The minimum Gasteiger partial charge on any atom is -0.456 e. The number of benzene rings is 2. The molecule has 0 bridgehead atoms. The number of carbonyl (C=O) groups excluding carboxylic acids is 4. The summed E-state index contributed by atoms with van der Waals surface area (Å²) in [5.74, 6) is -1.78. The largest absolute Gasteiger partial charge is 0.456 e. The van der Waals surface area contributed by atoms with E-state index in [1.165, 1.54) is 18.7 Å². The normalized spacial score (nSPS) is 15.1. The van der Waals surface area contributed by atoms with Gasteiger partial charge in [-0.3, -0.25) is 19.2 Å². The fourth-order valence-corrected chi connectivity index (χ4v) is 3.95. The Hall–Kier alpha value is -2.84. The molecule has 0 aromatic heterocycles. The van der Waals surface area contributed by atoms with E-state index < -0.39 is 23.7 Å². The van der Waals surface area contributed by atoms with Crippen LogP contribution in [0.25, 0.3) is 0 Å². The zero-order valence-corrected chi connectivity index (χ0v) is 16.9. The minimum atomic E-state index is -0.676. The molecule has 1 aliphatic heterocycles. The predicted octanol–water partition coefficient (Wildman–Crippen LogP) is 3.53. The van der Waals surface area contributed by atoms with Crippen LogP contribution >= 0.6 is 23.4 Å². The number of fused-ring (bicyclic) bond motifs is 1. The first-order valence-electron chi connectivity index (χ1n) is 8.66. The maximum Gasteiger partial charge on any atom is 0.307 e. The van der Waals surface area contributed by atoms with E-state index in [2.05, 4.69) is 10.6 Å². The molecule has 2 aromatic rings. The van der Waals surface area contributed by atoms with Gasteiger partial charge in [0.2, 0.25) is 5.91 Å². The summed E-state index contributed by atoms with van der Waals surface area (Å²) in [5, 5.41) is 5.08. The van der Waals surface area contributed by atoms with Gasteiger partial charge in [-0.05, 0) is 37.3 Å². The Balaban J connectivity index is 1.52. The summed E-state index contributed by atoms with van der Waals surface area (Å²) in [6.45, 7) is 0.875. The number of nitrogens with one attached hydrogen (secondary N) is 2. The van der Waals surface area contributed by atoms with Crippen LogP contribution in [0.4, 0.5) is 11.4 Å². The minimum absolute atomic E-state index is 0.185. The van der Waals surface area contributed by atoms with Gasteiger partial charge in [0, 0.05) is 15.5 Å². The van der Waals surface area contributed by atoms with Crippen LogP contribution in [0.15, 0.2) is 47.4 Å². The first-order chi connectivity index (χ1) is 13.8. The van der Waals surface area contributed by atoms with Gasteiger partial charge in [-0.15, -0.1) is 11.8 Å². The van der Waals surface area contributed by atoms with Crippen molar-refractivity contribution < 1.29 is 23.9 Å². The standard InChI is InChI=1S/C20H17ClN2O5S/c1-11(24)13-4-2-3-5-14(13)22-18(25)10-28-19(26)9-17-20(27)23-15-8-12(21)6-7-16(15)29-17/h2-8,17H,9-10H2,1H3,(H,22,25)(H,23,27). The zero-order valence-electron chi connectivity index (χ0n) is 15.4. The molecule has 2 aromatic carbocycles. The zero-order chi connectivity index (χ0) is 21.0. The van der Waals surface area contributed by atoms with Crippen molar-refractivity contribution in [1.82, 2.24) is 0 Å². The highest BCUT2D eigenvalue weighted by atomic mass is 35.5. The topological polar surface area (TPSA) is 102 Å². The fourth-order valence-electron chi connectivity index (χ4n) is 2.70. The van der Waals surface area contributed by atoms with Gasteiger partial charge in [0.1, 0.15) is 0 Å². The highest BCUT2D eigenvalue weighted by Crippen LogP contribution is 2.38. The van der Waals surface area contributed by atoms with Crippen LogP contribution in [0.3, 0.4) is 0 Å². The van der Waals surface area contributed by atoms with Crippen molar-refractivity contribution in [2.75, 3.05) is 17.2 Å². The number of ketones is 1. The third-order valence-electron chi connectivity index (χ3n) is 4.06. The lowest BCUT2D eigenvalue weighted by atomic mass is 10.1. The van der Waals surface area contributed by atoms with Gasteiger partial charge in [0.05, 0.1) is 23.0 Å². The van der Waals surface area contributed by atoms with Gasteiger partial charge in [-0.25, -0.2) is 0 Å². The number of rotatable bonds is 6. The SMILES string of the molecule is CC(=O)c1ccccc1NC(=O)COC(=O)CC1Sc2ccc(Cl)cc2NC1=O. The van der Waals surface area contributed by atoms with Gasteiger partial charge in [0.15, 0.2) is 12.4 Å². The Labute approximate surface area is 176 Å². The van der Waals surface area contributed by atoms with Crippen LogP contribution < -0.4 is 10.6 Å². The Morgan fingerprint density at radius 3 is 2.72 bits per heavy atom. The van der Waals surface area contributed by atoms with Crippen LogP contribution in [0.5, 0.6) is 0 Å². The quantitative estimate of drug-likeness (QED) is 0.535. The molecule has 0 fully saturated rings. The van der Waals surface area contributed by atoms with Crippen molar-refractivity contribution >= 4 is 58.3 Å². The molecule has 7 nitrogen and oxygen atoms in total. The van der Waals surface area contributed by atoms with Crippen LogP contribution in [0.1, 0.15) is 23.7 Å². The van der Waals surface area contributed by atoms with E-state index in [4.69, 9.17) is 16.3 Å². The van der Waals surface area contributed by atoms with Crippen LogP contribution in [0.2, 0.25) is 5.02 Å². The Kier molecular flexibility index (Phi) is 6.56. The molecule has 0 saturated carbocycles. The van der Waals surface area contributed by atoms with Crippen LogP contribution in [-0.4, -0.2) is 35.4 Å². The number of thioether (sulfide) groups is 1. The molecule has 2 amide bonds. The second-order valence-electron chi connectivity index (χ2n) is 6.25. The van der Waals surface area contributed by atoms with Crippen LogP contribution in [-0.2, 0) is 19.1 Å². The number of anilines is 2. The summed E-state index contributed by atoms with van der Waals surface area (Å²) < 4.78 is 4.98. The molecule has 1 heterocycles. The summed E-state index contributed by atoms with van der Waals surface area (Å²) in [7, 11) is 0. The average Bonchev–Trinajstić information content (AvgIpc) is 2.67. The van der Waals surface area contributed by atoms with Gasteiger partial charge >= 0.3 is 5.97 Å². The first kappa shape index (κ1) is 20.9.